The SMILES string of the molecule is NCC(N=C(N)N)S(=O)(=O)O. The van der Waals surface area contributed by atoms with E-state index in [1.165, 1.54) is 0 Å². The van der Waals surface area contributed by atoms with Crippen LogP contribution in [0.25, 0.3) is 0 Å². The zero-order valence-corrected chi connectivity index (χ0v) is 6.45. The first kappa shape index (κ1) is 10.1. The molecule has 7 N–H and O–H groups in total. The smallest absolute Gasteiger partial charge is 0.289 e. The molecule has 0 amide bonds. The van der Waals surface area contributed by atoms with Gasteiger partial charge in [0, 0.05) is 6.54 Å². The standard InChI is InChI=1S/C3H10N4O3S/c4-1-2(7-3(5)6)11(8,9)10/h2H,1,4H2,(H4,5,6,7)(H,8,9,10). The Kier molecular flexibility index (Phi) is 3.23. The fraction of sp³-hybridized carbons (Fsp3) is 0.667. The summed E-state index contributed by atoms with van der Waals surface area (Å²) < 4.78 is 29.1. The van der Waals surface area contributed by atoms with Crippen LogP contribution in [0.2, 0.25) is 0 Å². The van der Waals surface area contributed by atoms with Crippen LogP contribution in [0, 0.1) is 0 Å². The Morgan fingerprint density at radius 3 is 2.09 bits per heavy atom. The quantitative estimate of drug-likeness (QED) is 0.214. The van der Waals surface area contributed by atoms with E-state index in [4.69, 9.17) is 21.8 Å². The van der Waals surface area contributed by atoms with Crippen LogP contribution in [0.5, 0.6) is 0 Å². The molecule has 0 aliphatic carbocycles. The number of rotatable bonds is 3. The zero-order valence-electron chi connectivity index (χ0n) is 5.64. The summed E-state index contributed by atoms with van der Waals surface area (Å²) in [5, 5.41) is -1.47. The molecule has 0 aliphatic rings. The molecule has 7 nitrogen and oxygen atoms in total. The lowest BCUT2D eigenvalue weighted by Gasteiger charge is -2.04. The summed E-state index contributed by atoms with van der Waals surface area (Å²) in [6.45, 7) is -0.364. The highest BCUT2D eigenvalue weighted by Gasteiger charge is 2.19. The minimum absolute atomic E-state index is 0.364. The molecule has 0 aromatic carbocycles. The van der Waals surface area contributed by atoms with E-state index in [1.807, 2.05) is 0 Å². The molecule has 0 saturated carbocycles. The molecule has 0 rings (SSSR count). The number of guanidine groups is 1. The lowest BCUT2D eigenvalue weighted by Crippen LogP contribution is -2.33. The summed E-state index contributed by atoms with van der Waals surface area (Å²) in [5.41, 5.74) is 14.7. The summed E-state index contributed by atoms with van der Waals surface area (Å²) in [5.74, 6) is -0.432. The van der Waals surface area contributed by atoms with E-state index >= 15 is 0 Å². The van der Waals surface area contributed by atoms with Gasteiger partial charge in [0.05, 0.1) is 0 Å². The highest BCUT2D eigenvalue weighted by Crippen LogP contribution is 1.96. The van der Waals surface area contributed by atoms with Crippen molar-refractivity contribution in [2.24, 2.45) is 22.2 Å². The van der Waals surface area contributed by atoms with Gasteiger partial charge in [0.2, 0.25) is 0 Å². The number of nitrogens with zero attached hydrogens (tertiary/aromatic N) is 1. The summed E-state index contributed by atoms with van der Waals surface area (Å²) in [7, 11) is -4.28. The Balaban J connectivity index is 4.58. The molecule has 1 atom stereocenters. The van der Waals surface area contributed by atoms with E-state index in [2.05, 4.69) is 4.99 Å². The average Bonchev–Trinajstić information content (AvgIpc) is 1.79. The molecule has 0 aliphatic heterocycles. The van der Waals surface area contributed by atoms with Gasteiger partial charge in [-0.05, 0) is 0 Å². The summed E-state index contributed by atoms with van der Waals surface area (Å²) >= 11 is 0. The van der Waals surface area contributed by atoms with Gasteiger partial charge in [-0.1, -0.05) is 0 Å². The normalized spacial score (nSPS) is 14.0. The molecule has 0 saturated heterocycles. The first-order valence-corrected chi connectivity index (χ1v) is 4.13. The maximum atomic E-state index is 10.4. The molecule has 0 aromatic heterocycles. The number of aliphatic imine (C=N–C) groups is 1. The van der Waals surface area contributed by atoms with Gasteiger partial charge >= 0.3 is 0 Å². The predicted octanol–water partition coefficient (Wildman–Crippen LogP) is -2.57. The van der Waals surface area contributed by atoms with E-state index in [0.29, 0.717) is 0 Å². The second kappa shape index (κ2) is 3.51. The Morgan fingerprint density at radius 1 is 1.55 bits per heavy atom. The second-order valence-electron chi connectivity index (χ2n) is 1.76. The lowest BCUT2D eigenvalue weighted by atomic mass is 10.7. The molecule has 11 heavy (non-hydrogen) atoms. The average molecular weight is 182 g/mol. The van der Waals surface area contributed by atoms with Crippen molar-refractivity contribution in [3.05, 3.63) is 0 Å². The third-order valence-electron chi connectivity index (χ3n) is 0.839. The molecule has 8 heteroatoms. The van der Waals surface area contributed by atoms with E-state index in [0.717, 1.165) is 0 Å². The summed E-state index contributed by atoms with van der Waals surface area (Å²) in [6.07, 6.45) is 0. The molecule has 0 spiro atoms. The highest BCUT2D eigenvalue weighted by molar-refractivity contribution is 7.86. The third-order valence-corrected chi connectivity index (χ3v) is 1.82. The third kappa shape index (κ3) is 3.75. The fourth-order valence-corrected chi connectivity index (χ4v) is 0.905. The molecule has 66 valence electrons. The number of hydrogen-bond donors (Lipinski definition) is 4. The number of nitrogens with two attached hydrogens (primary N) is 3. The molecule has 0 heterocycles. The first-order valence-electron chi connectivity index (χ1n) is 2.63. The van der Waals surface area contributed by atoms with Crippen LogP contribution < -0.4 is 17.2 Å². The summed E-state index contributed by atoms with van der Waals surface area (Å²) in [4.78, 5) is 3.18. The Bertz CT molecular complexity index is 241. The van der Waals surface area contributed by atoms with Crippen molar-refractivity contribution in [1.29, 1.82) is 0 Å². The highest BCUT2D eigenvalue weighted by atomic mass is 32.2. The van der Waals surface area contributed by atoms with Gasteiger partial charge in [0.1, 0.15) is 0 Å². The first-order chi connectivity index (χ1) is 4.88. The maximum Gasteiger partial charge on any atom is 0.289 e. The molecular weight excluding hydrogens is 172 g/mol. The Labute approximate surface area is 64.0 Å². The van der Waals surface area contributed by atoms with Crippen LogP contribution in [-0.4, -0.2) is 30.8 Å². The topological polar surface area (TPSA) is 145 Å². The molecule has 0 bridgehead atoms. The molecule has 0 fully saturated rings. The fourth-order valence-electron chi connectivity index (χ4n) is 0.407. The largest absolute Gasteiger partial charge is 0.370 e. The van der Waals surface area contributed by atoms with Gasteiger partial charge in [-0.15, -0.1) is 0 Å². The van der Waals surface area contributed by atoms with Crippen molar-refractivity contribution in [3.63, 3.8) is 0 Å². The van der Waals surface area contributed by atoms with Crippen LogP contribution in [0.4, 0.5) is 0 Å². The van der Waals surface area contributed by atoms with E-state index < -0.39 is 21.5 Å². The monoisotopic (exact) mass is 182 g/mol. The molecule has 1 unspecified atom stereocenters. The van der Waals surface area contributed by atoms with E-state index in [-0.39, 0.29) is 6.54 Å². The van der Waals surface area contributed by atoms with Crippen molar-refractivity contribution >= 4 is 16.1 Å². The Morgan fingerprint density at radius 2 is 2.00 bits per heavy atom. The molecule has 0 aromatic rings. The van der Waals surface area contributed by atoms with Crippen LogP contribution in [-0.2, 0) is 10.1 Å². The second-order valence-corrected chi connectivity index (χ2v) is 3.33. The van der Waals surface area contributed by atoms with Crippen LogP contribution >= 0.6 is 0 Å². The van der Waals surface area contributed by atoms with Crippen LogP contribution in [0.3, 0.4) is 0 Å². The van der Waals surface area contributed by atoms with Crippen LogP contribution in [0.1, 0.15) is 0 Å². The van der Waals surface area contributed by atoms with Crippen molar-refractivity contribution in [2.75, 3.05) is 6.54 Å². The van der Waals surface area contributed by atoms with E-state index in [1.54, 1.807) is 0 Å². The van der Waals surface area contributed by atoms with Gasteiger partial charge in [-0.25, -0.2) is 4.99 Å². The van der Waals surface area contributed by atoms with Crippen molar-refractivity contribution < 1.29 is 13.0 Å². The molecular formula is C3H10N4O3S. The minimum atomic E-state index is -4.28. The van der Waals surface area contributed by atoms with Gasteiger partial charge in [0.25, 0.3) is 10.1 Å². The van der Waals surface area contributed by atoms with Crippen molar-refractivity contribution in [1.82, 2.24) is 0 Å². The maximum absolute atomic E-state index is 10.4. The van der Waals surface area contributed by atoms with Gasteiger partial charge in [-0.2, -0.15) is 8.42 Å². The predicted molar refractivity (Wildman–Crippen MR) is 40.2 cm³/mol. The van der Waals surface area contributed by atoms with Gasteiger partial charge in [-0.3, -0.25) is 4.55 Å². The van der Waals surface area contributed by atoms with E-state index in [9.17, 15) is 8.42 Å². The zero-order chi connectivity index (χ0) is 9.07. The van der Waals surface area contributed by atoms with Crippen molar-refractivity contribution in [3.8, 4) is 0 Å². The number of hydrogen-bond acceptors (Lipinski definition) is 4. The van der Waals surface area contributed by atoms with Crippen molar-refractivity contribution in [2.45, 2.75) is 5.37 Å². The summed E-state index contributed by atoms with van der Waals surface area (Å²) in [6, 6.07) is 0. The van der Waals surface area contributed by atoms with Crippen LogP contribution in [0.15, 0.2) is 4.99 Å². The van der Waals surface area contributed by atoms with Gasteiger partial charge in [0.15, 0.2) is 11.3 Å². The minimum Gasteiger partial charge on any atom is -0.370 e. The Hall–Kier alpha value is -0.860. The molecule has 0 radical (unpaired) electrons. The van der Waals surface area contributed by atoms with Gasteiger partial charge < -0.3 is 17.2 Å². The lowest BCUT2D eigenvalue weighted by molar-refractivity contribution is 0.469.